The van der Waals surface area contributed by atoms with Crippen molar-refractivity contribution < 1.29 is 14.3 Å². The van der Waals surface area contributed by atoms with Gasteiger partial charge in [0.25, 0.3) is 0 Å². The average molecular weight is 245 g/mol. The molecular formula is C10H6Cl2O3. The lowest BCUT2D eigenvalue weighted by Gasteiger charge is -1.94. The van der Waals surface area contributed by atoms with E-state index in [4.69, 9.17) is 32.7 Å². The fourth-order valence-corrected chi connectivity index (χ4v) is 1.78. The molecule has 0 saturated carbocycles. The highest BCUT2D eigenvalue weighted by Gasteiger charge is 2.19. The first-order valence-corrected chi connectivity index (χ1v) is 4.88. The largest absolute Gasteiger partial charge is 0.475 e. The third-order valence-corrected chi connectivity index (χ3v) is 2.98. The second-order valence-corrected chi connectivity index (χ2v) is 3.88. The number of fused-ring (bicyclic) bond motifs is 1. The average Bonchev–Trinajstić information content (AvgIpc) is 2.51. The van der Waals surface area contributed by atoms with Crippen LogP contribution in [0.5, 0.6) is 0 Å². The highest BCUT2D eigenvalue weighted by atomic mass is 35.5. The molecule has 0 radical (unpaired) electrons. The molecule has 1 N–H and O–H groups in total. The number of rotatable bonds is 1. The van der Waals surface area contributed by atoms with Gasteiger partial charge in [-0.15, -0.1) is 0 Å². The Labute approximate surface area is 95.2 Å². The van der Waals surface area contributed by atoms with E-state index in [1.165, 1.54) is 0 Å². The SMILES string of the molecule is Cc1c(C(=O)O)oc2c(Cl)c(Cl)ccc12. The molecule has 1 aromatic carbocycles. The summed E-state index contributed by atoms with van der Waals surface area (Å²) in [6.45, 7) is 1.67. The molecule has 0 aliphatic heterocycles. The van der Waals surface area contributed by atoms with Gasteiger partial charge < -0.3 is 9.52 Å². The van der Waals surface area contributed by atoms with Crippen molar-refractivity contribution in [1.29, 1.82) is 0 Å². The van der Waals surface area contributed by atoms with Gasteiger partial charge in [0.2, 0.25) is 5.76 Å². The lowest BCUT2D eigenvalue weighted by Crippen LogP contribution is -1.94. The number of furan rings is 1. The molecule has 15 heavy (non-hydrogen) atoms. The molecule has 2 rings (SSSR count). The summed E-state index contributed by atoms with van der Waals surface area (Å²) in [6, 6.07) is 3.30. The van der Waals surface area contributed by atoms with Crippen molar-refractivity contribution in [3.8, 4) is 0 Å². The Morgan fingerprint density at radius 2 is 2.07 bits per heavy atom. The molecule has 0 atom stereocenters. The lowest BCUT2D eigenvalue weighted by molar-refractivity contribution is 0.0664. The number of aromatic carboxylic acids is 1. The summed E-state index contributed by atoms with van der Waals surface area (Å²) >= 11 is 11.7. The van der Waals surface area contributed by atoms with Crippen molar-refractivity contribution in [2.24, 2.45) is 0 Å². The topological polar surface area (TPSA) is 50.4 Å². The highest BCUT2D eigenvalue weighted by molar-refractivity contribution is 6.45. The van der Waals surface area contributed by atoms with Gasteiger partial charge in [0.05, 0.1) is 5.02 Å². The van der Waals surface area contributed by atoms with Gasteiger partial charge in [0.15, 0.2) is 5.58 Å². The molecule has 0 spiro atoms. The molecule has 3 nitrogen and oxygen atoms in total. The van der Waals surface area contributed by atoms with Gasteiger partial charge in [-0.3, -0.25) is 0 Å². The Hall–Kier alpha value is -1.19. The van der Waals surface area contributed by atoms with Crippen LogP contribution in [0.4, 0.5) is 0 Å². The van der Waals surface area contributed by atoms with E-state index >= 15 is 0 Å². The van der Waals surface area contributed by atoms with Crippen LogP contribution in [0.3, 0.4) is 0 Å². The molecule has 0 aliphatic carbocycles. The van der Waals surface area contributed by atoms with Crippen molar-refractivity contribution in [2.45, 2.75) is 6.92 Å². The third kappa shape index (κ3) is 1.48. The molecule has 1 heterocycles. The standard InChI is InChI=1S/C10H6Cl2O3/c1-4-5-2-3-6(11)7(12)9(5)15-8(4)10(13)14/h2-3H,1H3,(H,13,14). The molecule has 78 valence electrons. The molecule has 0 unspecified atom stereocenters. The van der Waals surface area contributed by atoms with Gasteiger partial charge in [0, 0.05) is 10.9 Å². The third-order valence-electron chi connectivity index (χ3n) is 2.19. The van der Waals surface area contributed by atoms with Crippen LogP contribution in [0.25, 0.3) is 11.0 Å². The van der Waals surface area contributed by atoms with Crippen LogP contribution in [0.1, 0.15) is 16.1 Å². The van der Waals surface area contributed by atoms with Crippen molar-refractivity contribution >= 4 is 40.1 Å². The number of benzene rings is 1. The molecule has 0 amide bonds. The monoisotopic (exact) mass is 244 g/mol. The fourth-order valence-electron chi connectivity index (χ4n) is 1.43. The number of hydrogen-bond acceptors (Lipinski definition) is 2. The first-order valence-electron chi connectivity index (χ1n) is 4.12. The van der Waals surface area contributed by atoms with Crippen LogP contribution >= 0.6 is 23.2 Å². The number of carboxylic acid groups (broad SMARTS) is 1. The smallest absolute Gasteiger partial charge is 0.372 e. The zero-order valence-corrected chi connectivity index (χ0v) is 9.19. The normalized spacial score (nSPS) is 10.9. The molecule has 5 heteroatoms. The minimum absolute atomic E-state index is 0.103. The van der Waals surface area contributed by atoms with Gasteiger partial charge in [-0.05, 0) is 19.1 Å². The summed E-state index contributed by atoms with van der Waals surface area (Å²) in [4.78, 5) is 10.8. The summed E-state index contributed by atoms with van der Waals surface area (Å²) in [7, 11) is 0. The van der Waals surface area contributed by atoms with E-state index in [1.807, 2.05) is 0 Å². The number of carboxylic acids is 1. The Morgan fingerprint density at radius 1 is 1.40 bits per heavy atom. The zero-order chi connectivity index (χ0) is 11.2. The van der Waals surface area contributed by atoms with E-state index in [9.17, 15) is 4.79 Å². The summed E-state index contributed by atoms with van der Waals surface area (Å²) in [6.07, 6.45) is 0. The Balaban J connectivity index is 2.88. The van der Waals surface area contributed by atoms with E-state index in [-0.39, 0.29) is 10.8 Å². The Bertz CT molecular complexity index is 557. The predicted molar refractivity (Wildman–Crippen MR) is 57.9 cm³/mol. The molecule has 0 saturated heterocycles. The van der Waals surface area contributed by atoms with Crippen LogP contribution in [0.2, 0.25) is 10.0 Å². The van der Waals surface area contributed by atoms with Gasteiger partial charge in [-0.25, -0.2) is 4.79 Å². The second-order valence-electron chi connectivity index (χ2n) is 3.10. The van der Waals surface area contributed by atoms with Gasteiger partial charge >= 0.3 is 5.97 Å². The maximum Gasteiger partial charge on any atom is 0.372 e. The van der Waals surface area contributed by atoms with Gasteiger partial charge in [-0.2, -0.15) is 0 Å². The maximum absolute atomic E-state index is 10.8. The van der Waals surface area contributed by atoms with Crippen LogP contribution in [-0.2, 0) is 0 Å². The number of carbonyl (C=O) groups is 1. The molecular weight excluding hydrogens is 239 g/mol. The van der Waals surface area contributed by atoms with Crippen LogP contribution < -0.4 is 0 Å². The minimum Gasteiger partial charge on any atom is -0.475 e. The summed E-state index contributed by atoms with van der Waals surface area (Å²) in [5.41, 5.74) is 0.870. The second kappa shape index (κ2) is 3.43. The first kappa shape index (κ1) is 10.3. The number of hydrogen-bond donors (Lipinski definition) is 1. The van der Waals surface area contributed by atoms with Crippen molar-refractivity contribution in [1.82, 2.24) is 0 Å². The van der Waals surface area contributed by atoms with E-state index in [1.54, 1.807) is 19.1 Å². The Morgan fingerprint density at radius 3 is 2.67 bits per heavy atom. The molecule has 0 aliphatic rings. The van der Waals surface area contributed by atoms with E-state index in [0.717, 1.165) is 0 Å². The maximum atomic E-state index is 10.8. The Kier molecular flexibility index (Phi) is 2.37. The summed E-state index contributed by atoms with van der Waals surface area (Å²) in [5, 5.41) is 10.1. The quantitative estimate of drug-likeness (QED) is 0.832. The minimum atomic E-state index is -1.11. The van der Waals surface area contributed by atoms with E-state index in [2.05, 4.69) is 0 Å². The predicted octanol–water partition coefficient (Wildman–Crippen LogP) is 3.75. The van der Waals surface area contributed by atoms with Crippen LogP contribution in [-0.4, -0.2) is 11.1 Å². The lowest BCUT2D eigenvalue weighted by atomic mass is 10.1. The van der Waals surface area contributed by atoms with Gasteiger partial charge in [0.1, 0.15) is 5.02 Å². The van der Waals surface area contributed by atoms with E-state index in [0.29, 0.717) is 21.6 Å². The van der Waals surface area contributed by atoms with Crippen LogP contribution in [0.15, 0.2) is 16.5 Å². The van der Waals surface area contributed by atoms with Crippen molar-refractivity contribution in [2.75, 3.05) is 0 Å². The van der Waals surface area contributed by atoms with Gasteiger partial charge in [-0.1, -0.05) is 23.2 Å². The zero-order valence-electron chi connectivity index (χ0n) is 7.67. The first-order chi connectivity index (χ1) is 7.02. The highest BCUT2D eigenvalue weighted by Crippen LogP contribution is 2.35. The molecule has 1 aromatic heterocycles. The molecule has 2 aromatic rings. The van der Waals surface area contributed by atoms with E-state index < -0.39 is 5.97 Å². The molecule has 0 bridgehead atoms. The summed E-state index contributed by atoms with van der Waals surface area (Å²) in [5.74, 6) is -1.22. The fraction of sp³-hybridized carbons (Fsp3) is 0.100. The number of aryl methyl sites for hydroxylation is 1. The van der Waals surface area contributed by atoms with Crippen LogP contribution in [0, 0.1) is 6.92 Å². The van der Waals surface area contributed by atoms with Crippen molar-refractivity contribution in [3.05, 3.63) is 33.5 Å². The number of halogens is 2. The summed E-state index contributed by atoms with van der Waals surface area (Å²) < 4.78 is 5.16. The molecule has 0 fully saturated rings. The van der Waals surface area contributed by atoms with Crippen molar-refractivity contribution in [3.63, 3.8) is 0 Å².